The quantitative estimate of drug-likeness (QED) is 0.340. The first-order valence-electron chi connectivity index (χ1n) is 13.6. The number of aromatic nitrogens is 1. The lowest BCUT2D eigenvalue weighted by Crippen LogP contribution is -2.53. The van der Waals surface area contributed by atoms with Crippen LogP contribution in [0, 0.1) is 0 Å². The zero-order valence-corrected chi connectivity index (χ0v) is 24.9. The molecule has 0 aliphatic carbocycles. The van der Waals surface area contributed by atoms with Crippen molar-refractivity contribution in [1.82, 2.24) is 20.1 Å². The van der Waals surface area contributed by atoms with E-state index in [1.165, 1.54) is 18.4 Å². The Morgan fingerprint density at radius 3 is 2.35 bits per heavy atom. The zero-order valence-electron chi connectivity index (χ0n) is 22.6. The van der Waals surface area contributed by atoms with Gasteiger partial charge in [-0.05, 0) is 67.4 Å². The highest BCUT2D eigenvalue weighted by atomic mass is 35.5. The van der Waals surface area contributed by atoms with Crippen molar-refractivity contribution in [3.63, 3.8) is 0 Å². The predicted octanol–water partition coefficient (Wildman–Crippen LogP) is 6.01. The molecule has 3 aromatic rings. The summed E-state index contributed by atoms with van der Waals surface area (Å²) >= 11 is 18.8. The minimum Gasteiger partial charge on any atom is -0.497 e. The zero-order chi connectivity index (χ0) is 28.1. The van der Waals surface area contributed by atoms with Crippen molar-refractivity contribution in [1.29, 1.82) is 0 Å². The molecule has 2 aliphatic heterocycles. The van der Waals surface area contributed by atoms with Crippen LogP contribution in [0.1, 0.15) is 35.8 Å². The number of pyridine rings is 1. The summed E-state index contributed by atoms with van der Waals surface area (Å²) in [6, 6.07) is 15.9. The number of rotatable bonds is 8. The van der Waals surface area contributed by atoms with Gasteiger partial charge in [-0.25, -0.2) is 4.98 Å². The Morgan fingerprint density at radius 2 is 1.70 bits per heavy atom. The molecule has 1 aromatic heterocycles. The van der Waals surface area contributed by atoms with E-state index < -0.39 is 0 Å². The third kappa shape index (κ3) is 7.20. The van der Waals surface area contributed by atoms with Gasteiger partial charge in [0.25, 0.3) is 5.91 Å². The molecule has 1 N–H and O–H groups in total. The Kier molecular flexibility index (Phi) is 9.71. The number of carbonyl (C=O) groups excluding carboxylic acids is 1. The van der Waals surface area contributed by atoms with E-state index in [0.717, 1.165) is 62.9 Å². The van der Waals surface area contributed by atoms with Gasteiger partial charge < -0.3 is 15.0 Å². The third-order valence-corrected chi connectivity index (χ3v) is 8.66. The van der Waals surface area contributed by atoms with Crippen LogP contribution in [-0.4, -0.2) is 73.1 Å². The van der Waals surface area contributed by atoms with Crippen molar-refractivity contribution in [2.75, 3.05) is 51.3 Å². The number of amides is 1. The molecule has 2 aromatic carbocycles. The summed E-state index contributed by atoms with van der Waals surface area (Å²) in [4.78, 5) is 24.6. The molecular formula is C30H36Cl3N5O2. The molecule has 40 heavy (non-hydrogen) atoms. The number of nitrogens with zero attached hydrogens (tertiary/aromatic N) is 4. The van der Waals surface area contributed by atoms with E-state index in [9.17, 15) is 4.79 Å². The molecule has 0 atom stereocenters. The number of ether oxygens (including phenoxy) is 1. The summed E-state index contributed by atoms with van der Waals surface area (Å²) in [6.45, 7) is 7.17. The molecule has 0 radical (unpaired) electrons. The van der Waals surface area contributed by atoms with Crippen LogP contribution in [0.25, 0.3) is 0 Å². The van der Waals surface area contributed by atoms with E-state index in [-0.39, 0.29) is 13.9 Å². The van der Waals surface area contributed by atoms with Gasteiger partial charge in [0.2, 0.25) is 0 Å². The molecule has 2 fully saturated rings. The fourth-order valence-electron chi connectivity index (χ4n) is 5.46. The highest BCUT2D eigenvalue weighted by Crippen LogP contribution is 2.27. The summed E-state index contributed by atoms with van der Waals surface area (Å²) in [5.74, 6) is 1.37. The monoisotopic (exact) mass is 603 g/mol. The Hall–Kier alpha value is -2.55. The maximum Gasteiger partial charge on any atom is 0.253 e. The number of piperidine rings is 1. The lowest BCUT2D eigenvalue weighted by molar-refractivity contribution is 0.0950. The minimum absolute atomic E-state index is 0. The summed E-state index contributed by atoms with van der Waals surface area (Å²) in [6.07, 6.45) is 3.95. The number of halogens is 3. The van der Waals surface area contributed by atoms with Crippen LogP contribution in [0.15, 0.2) is 54.7 Å². The molecule has 0 bridgehead atoms. The average Bonchev–Trinajstić information content (AvgIpc) is 2.97. The van der Waals surface area contributed by atoms with Crippen LogP contribution in [-0.2, 0) is 13.1 Å². The summed E-state index contributed by atoms with van der Waals surface area (Å²) in [5, 5.41) is 4.42. The Labute approximate surface area is 252 Å². The third-order valence-electron chi connectivity index (χ3n) is 7.79. The van der Waals surface area contributed by atoms with Gasteiger partial charge >= 0.3 is 0 Å². The van der Waals surface area contributed by atoms with Gasteiger partial charge in [-0.1, -0.05) is 53.0 Å². The molecule has 0 unspecified atom stereocenters. The first kappa shape index (κ1) is 29.0. The van der Waals surface area contributed by atoms with E-state index >= 15 is 0 Å². The topological polar surface area (TPSA) is 60.9 Å². The molecule has 7 nitrogen and oxygen atoms in total. The van der Waals surface area contributed by atoms with Crippen molar-refractivity contribution < 1.29 is 11.0 Å². The second-order valence-electron chi connectivity index (χ2n) is 10.3. The number of likely N-dealkylation sites (tertiary alicyclic amines) is 1. The molecule has 2 aliphatic rings. The molecule has 0 saturated carbocycles. The van der Waals surface area contributed by atoms with E-state index in [0.29, 0.717) is 26.7 Å². The maximum atomic E-state index is 12.7. The first-order valence-corrected chi connectivity index (χ1v) is 14.7. The number of hydrogen-bond donors (Lipinski definition) is 1. The molecule has 10 heteroatoms. The van der Waals surface area contributed by atoms with Crippen molar-refractivity contribution in [3.05, 3.63) is 86.5 Å². The van der Waals surface area contributed by atoms with E-state index in [4.69, 9.17) is 39.5 Å². The Balaban J connectivity index is 0.00000387. The van der Waals surface area contributed by atoms with Crippen molar-refractivity contribution in [2.45, 2.75) is 32.0 Å². The summed E-state index contributed by atoms with van der Waals surface area (Å²) in [5.41, 5.74) is 2.53. The van der Waals surface area contributed by atoms with Gasteiger partial charge in [-0.2, -0.15) is 0 Å². The summed E-state index contributed by atoms with van der Waals surface area (Å²) in [7, 11) is 1.70. The van der Waals surface area contributed by atoms with Crippen molar-refractivity contribution in [3.8, 4) is 5.75 Å². The van der Waals surface area contributed by atoms with Gasteiger partial charge in [0.05, 0.1) is 17.7 Å². The number of nitrogens with one attached hydrogen (secondary N) is 1. The second kappa shape index (κ2) is 13.4. The average molecular weight is 605 g/mol. The van der Waals surface area contributed by atoms with Crippen molar-refractivity contribution >= 4 is 46.5 Å². The number of methoxy groups -OCH3 is 1. The van der Waals surface area contributed by atoms with E-state index in [1.54, 1.807) is 37.6 Å². The van der Waals surface area contributed by atoms with Crippen molar-refractivity contribution in [2.24, 2.45) is 0 Å². The van der Waals surface area contributed by atoms with Gasteiger partial charge in [-0.15, -0.1) is 0 Å². The fourth-order valence-corrected chi connectivity index (χ4v) is 6.22. The molecule has 5 rings (SSSR count). The molecule has 2 saturated heterocycles. The lowest BCUT2D eigenvalue weighted by Gasteiger charge is -2.43. The summed E-state index contributed by atoms with van der Waals surface area (Å²) < 4.78 is 5.27. The molecule has 1 amide bonds. The van der Waals surface area contributed by atoms with Crippen LogP contribution in [0.2, 0.25) is 15.1 Å². The Morgan fingerprint density at radius 1 is 0.975 bits per heavy atom. The number of carbonyl (C=O) groups is 1. The van der Waals surface area contributed by atoms with Crippen LogP contribution in [0.3, 0.4) is 0 Å². The number of hydrogen-bond acceptors (Lipinski definition) is 6. The smallest absolute Gasteiger partial charge is 0.253 e. The van der Waals surface area contributed by atoms with Crippen LogP contribution in [0.5, 0.6) is 5.75 Å². The van der Waals surface area contributed by atoms with E-state index in [2.05, 4.69) is 37.1 Å². The fraction of sp³-hybridized carbons (Fsp3) is 0.400. The minimum atomic E-state index is -0.255. The van der Waals surface area contributed by atoms with Gasteiger partial charge in [0.1, 0.15) is 11.6 Å². The van der Waals surface area contributed by atoms with Crippen LogP contribution < -0.4 is 15.0 Å². The van der Waals surface area contributed by atoms with Crippen LogP contribution in [0.4, 0.5) is 5.82 Å². The normalized spacial score (nSPS) is 17.1. The largest absolute Gasteiger partial charge is 0.497 e. The number of anilines is 1. The molecular weight excluding hydrogens is 569 g/mol. The number of benzene rings is 2. The highest BCUT2D eigenvalue weighted by Gasteiger charge is 2.28. The SMILES string of the molecule is COc1ccc(CN2CCC(N3CCN(c4ncc(C(=O)NCc5ccc(Cl)cc5Cl)cc4Cl)CC3)CC2)cc1.[HH]. The molecule has 214 valence electrons. The van der Waals surface area contributed by atoms with Gasteiger partial charge in [0, 0.05) is 63.0 Å². The van der Waals surface area contributed by atoms with Gasteiger partial charge in [0.15, 0.2) is 0 Å². The van der Waals surface area contributed by atoms with Crippen LogP contribution >= 0.6 is 34.8 Å². The van der Waals surface area contributed by atoms with Gasteiger partial charge in [-0.3, -0.25) is 14.6 Å². The molecule has 3 heterocycles. The maximum absolute atomic E-state index is 12.7. The standard InChI is InChI=1S/C30H34Cl3N5O2.H2/c1-40-26-6-2-21(3-7-26)20-36-10-8-25(9-11-36)37-12-14-38(15-13-37)29-28(33)16-23(19-34-29)30(39)35-18-22-4-5-24(31)17-27(22)32;/h2-7,16-17,19,25H,8-15,18,20H2,1H3,(H,35,39);1H. The Bertz CT molecular complexity index is 1310. The lowest BCUT2D eigenvalue weighted by atomic mass is 10.0. The predicted molar refractivity (Wildman–Crippen MR) is 164 cm³/mol. The molecule has 0 spiro atoms. The van der Waals surface area contributed by atoms with E-state index in [1.807, 2.05) is 12.1 Å². The highest BCUT2D eigenvalue weighted by molar-refractivity contribution is 6.35. The first-order chi connectivity index (χ1) is 19.4. The second-order valence-corrected chi connectivity index (χ2v) is 11.6. The number of piperazine rings is 1.